The maximum atomic E-state index is 12.7. The molecule has 2 aromatic heterocycles. The molecule has 0 unspecified atom stereocenters. The second-order valence-corrected chi connectivity index (χ2v) is 9.06. The molecule has 0 saturated carbocycles. The third kappa shape index (κ3) is 4.85. The summed E-state index contributed by atoms with van der Waals surface area (Å²) in [5.74, 6) is 0.735. The van der Waals surface area contributed by atoms with Crippen molar-refractivity contribution in [2.75, 3.05) is 0 Å². The molecule has 1 aliphatic carbocycles. The van der Waals surface area contributed by atoms with Crippen LogP contribution in [-0.4, -0.2) is 20.9 Å². The Morgan fingerprint density at radius 2 is 1.90 bits per heavy atom. The molecule has 0 saturated heterocycles. The minimum atomic E-state index is -0.0760. The van der Waals surface area contributed by atoms with Crippen molar-refractivity contribution >= 4 is 17.5 Å². The second-order valence-electron chi connectivity index (χ2n) is 8.62. The molecule has 2 heterocycles. The molecule has 30 heavy (non-hydrogen) atoms. The van der Waals surface area contributed by atoms with Crippen LogP contribution in [0.2, 0.25) is 5.02 Å². The predicted octanol–water partition coefficient (Wildman–Crippen LogP) is 4.95. The summed E-state index contributed by atoms with van der Waals surface area (Å²) in [5, 5.41) is 3.92. The van der Waals surface area contributed by atoms with E-state index in [1.54, 1.807) is 12.4 Å². The molecular weight excluding hydrogens is 396 g/mol. The first-order chi connectivity index (χ1) is 14.4. The zero-order valence-corrected chi connectivity index (χ0v) is 18.0. The summed E-state index contributed by atoms with van der Waals surface area (Å²) in [5.41, 5.74) is 4.12. The first kappa shape index (κ1) is 20.5. The van der Waals surface area contributed by atoms with E-state index in [1.807, 2.05) is 42.6 Å². The fourth-order valence-corrected chi connectivity index (χ4v) is 4.12. The summed E-state index contributed by atoms with van der Waals surface area (Å²) >= 11 is 5.93. The van der Waals surface area contributed by atoms with E-state index < -0.39 is 0 Å². The fourth-order valence-electron chi connectivity index (χ4n) is 3.99. The van der Waals surface area contributed by atoms with Crippen LogP contribution in [0.25, 0.3) is 11.4 Å². The van der Waals surface area contributed by atoms with Crippen LogP contribution < -0.4 is 5.32 Å². The molecule has 1 aliphatic rings. The largest absolute Gasteiger partial charge is 0.349 e. The second kappa shape index (κ2) is 8.52. The van der Waals surface area contributed by atoms with Gasteiger partial charge in [-0.25, -0.2) is 9.97 Å². The molecule has 1 amide bonds. The number of pyridine rings is 1. The van der Waals surface area contributed by atoms with Crippen molar-refractivity contribution in [2.24, 2.45) is 5.41 Å². The molecule has 1 aromatic carbocycles. The number of aromatic nitrogens is 3. The minimum Gasteiger partial charge on any atom is -0.349 e. The number of hydrogen-bond acceptors (Lipinski definition) is 4. The number of nitrogens with one attached hydrogen (secondary N) is 1. The Kier molecular flexibility index (Phi) is 5.82. The molecule has 0 aliphatic heterocycles. The number of aryl methyl sites for hydroxylation is 1. The monoisotopic (exact) mass is 420 g/mol. The lowest BCUT2D eigenvalue weighted by Gasteiger charge is -2.36. The smallest absolute Gasteiger partial charge is 0.220 e. The van der Waals surface area contributed by atoms with Crippen molar-refractivity contribution in [2.45, 2.75) is 45.6 Å². The number of amides is 1. The van der Waals surface area contributed by atoms with Gasteiger partial charge in [0.2, 0.25) is 5.91 Å². The van der Waals surface area contributed by atoms with E-state index in [4.69, 9.17) is 16.6 Å². The SMILES string of the molecule is CC1(C)Cc2nc(-c3ccncc3)ncc2[C@@H](NC(=O)CCc2ccc(Cl)cc2)C1. The van der Waals surface area contributed by atoms with Crippen LogP contribution in [0.4, 0.5) is 0 Å². The van der Waals surface area contributed by atoms with Crippen molar-refractivity contribution < 1.29 is 4.79 Å². The van der Waals surface area contributed by atoms with Gasteiger partial charge in [0, 0.05) is 41.2 Å². The third-order valence-corrected chi connectivity index (χ3v) is 5.76. The Bertz CT molecular complexity index is 1030. The summed E-state index contributed by atoms with van der Waals surface area (Å²) < 4.78 is 0. The Balaban J connectivity index is 1.50. The van der Waals surface area contributed by atoms with Crippen LogP contribution in [0.1, 0.15) is 49.6 Å². The average Bonchev–Trinajstić information content (AvgIpc) is 2.73. The summed E-state index contributed by atoms with van der Waals surface area (Å²) in [6.07, 6.45) is 8.20. The van der Waals surface area contributed by atoms with E-state index in [0.29, 0.717) is 23.7 Å². The number of rotatable bonds is 5. The van der Waals surface area contributed by atoms with Gasteiger partial charge in [0.25, 0.3) is 0 Å². The normalized spacial score (nSPS) is 17.2. The van der Waals surface area contributed by atoms with Crippen molar-refractivity contribution in [3.63, 3.8) is 0 Å². The molecule has 1 N–H and O–H groups in total. The number of carbonyl (C=O) groups excluding carboxylic acids is 1. The Hall–Kier alpha value is -2.79. The molecule has 4 rings (SSSR count). The molecule has 6 heteroatoms. The molecule has 5 nitrogen and oxygen atoms in total. The molecule has 0 radical (unpaired) electrons. The maximum Gasteiger partial charge on any atom is 0.220 e. The van der Waals surface area contributed by atoms with Gasteiger partial charge in [-0.05, 0) is 54.5 Å². The molecule has 0 fully saturated rings. The van der Waals surface area contributed by atoms with Crippen molar-refractivity contribution in [1.82, 2.24) is 20.3 Å². The highest BCUT2D eigenvalue weighted by atomic mass is 35.5. The summed E-state index contributed by atoms with van der Waals surface area (Å²) in [6.45, 7) is 4.44. The third-order valence-electron chi connectivity index (χ3n) is 5.51. The molecule has 154 valence electrons. The number of fused-ring (bicyclic) bond motifs is 1. The zero-order chi connectivity index (χ0) is 21.1. The fraction of sp³-hybridized carbons (Fsp3) is 0.333. The molecule has 0 bridgehead atoms. The van der Waals surface area contributed by atoms with Crippen LogP contribution in [0, 0.1) is 5.41 Å². The molecule has 0 spiro atoms. The number of carbonyl (C=O) groups is 1. The minimum absolute atomic E-state index is 0.0387. The number of hydrogen-bond donors (Lipinski definition) is 1. The quantitative estimate of drug-likeness (QED) is 0.633. The molecular formula is C24H25ClN4O. The molecule has 1 atom stereocenters. The average molecular weight is 421 g/mol. The Labute approximate surface area is 181 Å². The van der Waals surface area contributed by atoms with Gasteiger partial charge in [0.1, 0.15) is 0 Å². The molecule has 3 aromatic rings. The summed E-state index contributed by atoms with van der Waals surface area (Å²) in [7, 11) is 0. The van der Waals surface area contributed by atoms with Crippen molar-refractivity contribution in [1.29, 1.82) is 0 Å². The standard InChI is InChI=1S/C24H25ClN4O/c1-24(2)13-20(28-22(30)8-5-16-3-6-18(25)7-4-16)19-15-27-23(29-21(19)14-24)17-9-11-26-12-10-17/h3-4,6-7,9-12,15,20H,5,8,13-14H2,1-2H3,(H,28,30)/t20-/m0/s1. The van der Waals surface area contributed by atoms with E-state index >= 15 is 0 Å². The van der Waals surface area contributed by atoms with Crippen LogP contribution in [0.3, 0.4) is 0 Å². The predicted molar refractivity (Wildman–Crippen MR) is 118 cm³/mol. The first-order valence-corrected chi connectivity index (χ1v) is 10.6. The van der Waals surface area contributed by atoms with Crippen molar-refractivity contribution in [3.05, 3.63) is 76.8 Å². The Morgan fingerprint density at radius 3 is 2.63 bits per heavy atom. The topological polar surface area (TPSA) is 67.8 Å². The van der Waals surface area contributed by atoms with E-state index in [9.17, 15) is 4.79 Å². The van der Waals surface area contributed by atoms with Gasteiger partial charge in [-0.15, -0.1) is 0 Å². The van der Waals surface area contributed by atoms with Gasteiger partial charge in [0.05, 0.1) is 11.7 Å². The van der Waals surface area contributed by atoms with E-state index in [-0.39, 0.29) is 17.4 Å². The van der Waals surface area contributed by atoms with Gasteiger partial charge in [0.15, 0.2) is 5.82 Å². The van der Waals surface area contributed by atoms with Gasteiger partial charge >= 0.3 is 0 Å². The van der Waals surface area contributed by atoms with Crippen LogP contribution >= 0.6 is 11.6 Å². The number of halogens is 1. The zero-order valence-electron chi connectivity index (χ0n) is 17.2. The summed E-state index contributed by atoms with van der Waals surface area (Å²) in [4.78, 5) is 26.1. The highest BCUT2D eigenvalue weighted by Gasteiger charge is 2.34. The number of nitrogens with zero attached hydrogens (tertiary/aromatic N) is 3. The van der Waals surface area contributed by atoms with E-state index in [1.165, 1.54) is 0 Å². The lowest BCUT2D eigenvalue weighted by Crippen LogP contribution is -2.37. The van der Waals surface area contributed by atoms with Gasteiger partial charge < -0.3 is 5.32 Å². The highest BCUT2D eigenvalue weighted by molar-refractivity contribution is 6.30. The van der Waals surface area contributed by atoms with Crippen LogP contribution in [0.5, 0.6) is 0 Å². The van der Waals surface area contributed by atoms with E-state index in [0.717, 1.165) is 35.2 Å². The van der Waals surface area contributed by atoms with Crippen molar-refractivity contribution in [3.8, 4) is 11.4 Å². The first-order valence-electron chi connectivity index (χ1n) is 10.2. The highest BCUT2D eigenvalue weighted by Crippen LogP contribution is 2.40. The lowest BCUT2D eigenvalue weighted by molar-refractivity contribution is -0.122. The summed E-state index contributed by atoms with van der Waals surface area (Å²) in [6, 6.07) is 11.4. The van der Waals surface area contributed by atoms with Crippen LogP contribution in [0.15, 0.2) is 55.0 Å². The van der Waals surface area contributed by atoms with Gasteiger partial charge in [-0.3, -0.25) is 9.78 Å². The number of benzene rings is 1. The Morgan fingerprint density at radius 1 is 1.17 bits per heavy atom. The van der Waals surface area contributed by atoms with Crippen LogP contribution in [-0.2, 0) is 17.6 Å². The van der Waals surface area contributed by atoms with E-state index in [2.05, 4.69) is 29.1 Å². The van der Waals surface area contributed by atoms with Gasteiger partial charge in [-0.1, -0.05) is 37.6 Å². The lowest BCUT2D eigenvalue weighted by atomic mass is 9.74. The maximum absolute atomic E-state index is 12.7. The van der Waals surface area contributed by atoms with Gasteiger partial charge in [-0.2, -0.15) is 0 Å².